The molecule has 0 aromatic heterocycles. The van der Waals surface area contributed by atoms with Gasteiger partial charge in [-0.05, 0) is 60.4 Å². The Bertz CT molecular complexity index is 1340. The third-order valence-electron chi connectivity index (χ3n) is 6.35. The molecule has 3 N–H and O–H groups in total. The van der Waals surface area contributed by atoms with Crippen molar-refractivity contribution < 1.29 is 23.7 Å². The number of ether oxygens (including phenoxy) is 2. The molecule has 0 radical (unpaired) electrons. The SMILES string of the molecule is N=S(=O)(c1ccc(OCCc2cccc(-c3ccc(Cl)cc3Cl)c2)cc1)C1(C(=O)NO)CCOCC1. The van der Waals surface area contributed by atoms with Crippen molar-refractivity contribution >= 4 is 38.8 Å². The van der Waals surface area contributed by atoms with E-state index in [4.69, 9.17) is 37.5 Å². The van der Waals surface area contributed by atoms with Crippen molar-refractivity contribution in [3.05, 3.63) is 82.3 Å². The highest BCUT2D eigenvalue weighted by Gasteiger charge is 2.49. The van der Waals surface area contributed by atoms with Crippen molar-refractivity contribution in [2.24, 2.45) is 0 Å². The van der Waals surface area contributed by atoms with E-state index in [1.807, 2.05) is 24.3 Å². The molecular weight excluding hydrogens is 523 g/mol. The fourth-order valence-electron chi connectivity index (χ4n) is 4.31. The van der Waals surface area contributed by atoms with Gasteiger partial charge < -0.3 is 9.47 Å². The van der Waals surface area contributed by atoms with Crippen molar-refractivity contribution in [2.45, 2.75) is 28.9 Å². The van der Waals surface area contributed by atoms with Gasteiger partial charge in [0.25, 0.3) is 5.91 Å². The number of rotatable bonds is 8. The lowest BCUT2D eigenvalue weighted by Crippen LogP contribution is -2.54. The average Bonchev–Trinajstić information content (AvgIpc) is 2.89. The summed E-state index contributed by atoms with van der Waals surface area (Å²) in [5.41, 5.74) is 4.55. The number of halogens is 2. The van der Waals surface area contributed by atoms with E-state index in [1.165, 1.54) is 12.1 Å². The molecule has 1 saturated heterocycles. The van der Waals surface area contributed by atoms with Crippen LogP contribution < -0.4 is 10.2 Å². The van der Waals surface area contributed by atoms with Crippen LogP contribution in [0.25, 0.3) is 11.1 Å². The van der Waals surface area contributed by atoms with Crippen LogP contribution >= 0.6 is 23.2 Å². The third-order valence-corrected chi connectivity index (χ3v) is 9.53. The van der Waals surface area contributed by atoms with Crippen LogP contribution in [0.5, 0.6) is 5.75 Å². The number of hydroxylamine groups is 1. The number of carbonyl (C=O) groups excluding carboxylic acids is 1. The monoisotopic (exact) mass is 548 g/mol. The molecule has 1 unspecified atom stereocenters. The summed E-state index contributed by atoms with van der Waals surface area (Å²) in [7, 11) is -3.58. The average molecular weight is 549 g/mol. The first-order valence-corrected chi connectivity index (χ1v) is 13.7. The van der Waals surface area contributed by atoms with Gasteiger partial charge in [-0.1, -0.05) is 53.5 Å². The zero-order valence-corrected chi connectivity index (χ0v) is 21.7. The molecule has 4 rings (SSSR count). The second-order valence-corrected chi connectivity index (χ2v) is 11.7. The zero-order chi connectivity index (χ0) is 25.8. The Hall–Kier alpha value is -2.62. The van der Waals surface area contributed by atoms with Gasteiger partial charge in [0, 0.05) is 40.1 Å². The third kappa shape index (κ3) is 5.38. The van der Waals surface area contributed by atoms with Crippen LogP contribution in [0.1, 0.15) is 18.4 Å². The van der Waals surface area contributed by atoms with Gasteiger partial charge in [0.1, 0.15) is 10.5 Å². The topological polar surface area (TPSA) is 109 Å². The molecule has 0 aliphatic carbocycles. The Morgan fingerprint density at radius 1 is 1.08 bits per heavy atom. The van der Waals surface area contributed by atoms with E-state index in [2.05, 4.69) is 6.07 Å². The summed E-state index contributed by atoms with van der Waals surface area (Å²) in [4.78, 5) is 12.6. The molecule has 1 atom stereocenters. The molecular formula is C26H26Cl2N2O5S. The minimum atomic E-state index is -3.58. The van der Waals surface area contributed by atoms with Gasteiger partial charge in [-0.3, -0.25) is 10.0 Å². The van der Waals surface area contributed by atoms with Gasteiger partial charge in [-0.25, -0.2) is 14.5 Å². The number of hydrogen-bond donors (Lipinski definition) is 3. The Kier molecular flexibility index (Phi) is 8.22. The fraction of sp³-hybridized carbons (Fsp3) is 0.269. The smallest absolute Gasteiger partial charge is 0.263 e. The van der Waals surface area contributed by atoms with Gasteiger partial charge in [0.05, 0.1) is 16.3 Å². The van der Waals surface area contributed by atoms with Crippen LogP contribution in [-0.4, -0.2) is 39.9 Å². The highest BCUT2D eigenvalue weighted by molar-refractivity contribution is 7.94. The van der Waals surface area contributed by atoms with E-state index in [1.54, 1.807) is 29.7 Å². The number of hydrogen-bond acceptors (Lipinski definition) is 6. The van der Waals surface area contributed by atoms with E-state index in [0.29, 0.717) is 28.8 Å². The predicted molar refractivity (Wildman–Crippen MR) is 139 cm³/mol. The second kappa shape index (κ2) is 11.2. The largest absolute Gasteiger partial charge is 0.493 e. The lowest BCUT2D eigenvalue weighted by atomic mass is 9.98. The summed E-state index contributed by atoms with van der Waals surface area (Å²) >= 11 is 12.3. The van der Waals surface area contributed by atoms with Crippen LogP contribution in [0.3, 0.4) is 0 Å². The first-order chi connectivity index (χ1) is 17.3. The van der Waals surface area contributed by atoms with Gasteiger partial charge in [0.2, 0.25) is 0 Å². The minimum Gasteiger partial charge on any atom is -0.493 e. The van der Waals surface area contributed by atoms with E-state index in [-0.39, 0.29) is 31.0 Å². The summed E-state index contributed by atoms with van der Waals surface area (Å²) in [6.07, 6.45) is 0.816. The maximum atomic E-state index is 13.5. The first kappa shape index (κ1) is 26.4. The van der Waals surface area contributed by atoms with Crippen molar-refractivity contribution in [3.8, 4) is 16.9 Å². The molecule has 10 heteroatoms. The molecule has 0 bridgehead atoms. The number of benzene rings is 3. The summed E-state index contributed by atoms with van der Waals surface area (Å²) in [6, 6.07) is 19.8. The molecule has 36 heavy (non-hydrogen) atoms. The summed E-state index contributed by atoms with van der Waals surface area (Å²) in [6.45, 7) is 0.785. The number of nitrogens with one attached hydrogen (secondary N) is 2. The molecule has 1 aliphatic rings. The Labute approximate surface area is 220 Å². The number of carbonyl (C=O) groups is 1. The summed E-state index contributed by atoms with van der Waals surface area (Å²) < 4.78 is 31.8. The van der Waals surface area contributed by atoms with E-state index < -0.39 is 20.4 Å². The van der Waals surface area contributed by atoms with Gasteiger partial charge in [-0.15, -0.1) is 0 Å². The molecule has 1 heterocycles. The first-order valence-electron chi connectivity index (χ1n) is 11.3. The Morgan fingerprint density at radius 3 is 2.47 bits per heavy atom. The van der Waals surface area contributed by atoms with Crippen molar-refractivity contribution in [2.75, 3.05) is 19.8 Å². The maximum absolute atomic E-state index is 13.5. The summed E-state index contributed by atoms with van der Waals surface area (Å²) in [5, 5.41) is 10.4. The highest BCUT2D eigenvalue weighted by Crippen LogP contribution is 2.36. The van der Waals surface area contributed by atoms with Gasteiger partial charge in [-0.2, -0.15) is 0 Å². The van der Waals surface area contributed by atoms with Crippen molar-refractivity contribution in [1.82, 2.24) is 5.48 Å². The molecule has 0 saturated carbocycles. The highest BCUT2D eigenvalue weighted by atomic mass is 35.5. The normalized spacial score (nSPS) is 16.6. The molecule has 190 valence electrons. The van der Waals surface area contributed by atoms with Crippen molar-refractivity contribution in [3.63, 3.8) is 0 Å². The van der Waals surface area contributed by atoms with Crippen LogP contribution in [0.2, 0.25) is 10.0 Å². The number of amides is 1. The minimum absolute atomic E-state index is 0.0836. The van der Waals surface area contributed by atoms with Crippen LogP contribution in [0.4, 0.5) is 0 Å². The van der Waals surface area contributed by atoms with Gasteiger partial charge >= 0.3 is 0 Å². The molecule has 0 spiro atoms. The van der Waals surface area contributed by atoms with Crippen molar-refractivity contribution in [1.29, 1.82) is 4.78 Å². The van der Waals surface area contributed by atoms with E-state index >= 15 is 0 Å². The van der Waals surface area contributed by atoms with E-state index in [9.17, 15) is 14.2 Å². The lowest BCUT2D eigenvalue weighted by molar-refractivity contribution is -0.134. The van der Waals surface area contributed by atoms with Gasteiger partial charge in [0.15, 0.2) is 0 Å². The van der Waals surface area contributed by atoms with Crippen LogP contribution in [0.15, 0.2) is 71.6 Å². The second-order valence-electron chi connectivity index (χ2n) is 8.50. The standard InChI is InChI=1S/C26H26Cl2N2O5S/c27-20-4-9-23(24(28)17-20)19-3-1-2-18(16-19)10-13-35-21-5-7-22(8-6-21)36(29,33)26(25(31)30-32)11-14-34-15-12-26/h1-9,16-17,29,32H,10-15H2,(H,30,31). The van der Waals surface area contributed by atoms with Crippen LogP contribution in [0, 0.1) is 4.78 Å². The lowest BCUT2D eigenvalue weighted by Gasteiger charge is -2.36. The quantitative estimate of drug-likeness (QED) is 0.245. The zero-order valence-electron chi connectivity index (χ0n) is 19.3. The fourth-order valence-corrected chi connectivity index (χ4v) is 6.84. The summed E-state index contributed by atoms with van der Waals surface area (Å²) in [5.74, 6) is -0.272. The molecule has 1 fully saturated rings. The van der Waals surface area contributed by atoms with Crippen LogP contribution in [-0.2, 0) is 25.7 Å². The van der Waals surface area contributed by atoms with E-state index in [0.717, 1.165) is 16.7 Å². The Balaban J connectivity index is 1.43. The molecule has 3 aromatic carbocycles. The maximum Gasteiger partial charge on any atom is 0.263 e. The predicted octanol–water partition coefficient (Wildman–Crippen LogP) is 5.74. The molecule has 1 aliphatic heterocycles. The molecule has 3 aromatic rings. The Morgan fingerprint density at radius 2 is 1.81 bits per heavy atom. The molecule has 7 nitrogen and oxygen atoms in total. The molecule has 1 amide bonds.